The minimum absolute atomic E-state index is 0. The first kappa shape index (κ1) is 15.3. The third-order valence-electron chi connectivity index (χ3n) is 2.53. The molecular formula is C13H12BrN5OS. The lowest BCUT2D eigenvalue weighted by atomic mass is 10.4. The van der Waals surface area contributed by atoms with Crippen molar-refractivity contribution in [3.05, 3.63) is 42.3 Å². The van der Waals surface area contributed by atoms with Crippen molar-refractivity contribution >= 4 is 39.1 Å². The monoisotopic (exact) mass is 365 g/mol. The Balaban J connectivity index is 0.00000161. The number of rotatable bonds is 4. The first-order valence-electron chi connectivity index (χ1n) is 5.84. The van der Waals surface area contributed by atoms with E-state index in [0.717, 1.165) is 22.2 Å². The zero-order chi connectivity index (χ0) is 13.8. The van der Waals surface area contributed by atoms with E-state index in [0.29, 0.717) is 5.88 Å². The van der Waals surface area contributed by atoms with Crippen LogP contribution < -0.4 is 10.1 Å². The molecule has 3 aromatic rings. The molecule has 6 nitrogen and oxygen atoms in total. The third kappa shape index (κ3) is 3.73. The fourth-order valence-electron chi connectivity index (χ4n) is 1.58. The van der Waals surface area contributed by atoms with Gasteiger partial charge in [-0.2, -0.15) is 0 Å². The second-order valence-corrected chi connectivity index (χ2v) is 4.70. The van der Waals surface area contributed by atoms with Gasteiger partial charge in [-0.3, -0.25) is 9.97 Å². The number of pyridine rings is 1. The van der Waals surface area contributed by atoms with Gasteiger partial charge in [0.1, 0.15) is 11.4 Å². The van der Waals surface area contributed by atoms with E-state index in [1.54, 1.807) is 38.0 Å². The highest BCUT2D eigenvalue weighted by atomic mass is 79.9. The van der Waals surface area contributed by atoms with Crippen LogP contribution >= 0.6 is 28.3 Å². The number of aromatic nitrogens is 4. The minimum Gasteiger partial charge on any atom is -0.481 e. The Bertz CT molecular complexity index is 689. The molecule has 21 heavy (non-hydrogen) atoms. The first-order valence-corrected chi connectivity index (χ1v) is 6.72. The van der Waals surface area contributed by atoms with E-state index < -0.39 is 0 Å². The number of halogens is 1. The zero-order valence-corrected chi connectivity index (χ0v) is 13.6. The summed E-state index contributed by atoms with van der Waals surface area (Å²) < 4.78 is 5.01. The molecule has 1 N–H and O–H groups in total. The van der Waals surface area contributed by atoms with Crippen LogP contribution in [0.2, 0.25) is 0 Å². The lowest BCUT2D eigenvalue weighted by Gasteiger charge is -2.02. The fourth-order valence-corrected chi connectivity index (χ4v) is 2.30. The topological polar surface area (TPSA) is 72.8 Å². The largest absolute Gasteiger partial charge is 0.481 e. The standard InChI is InChI=1S/C13H11N5OS.BrH/c1-19-12-3-2-9(6-16-12)17-13-18-11(8-20-13)10-7-14-4-5-15-10;/h2-8H,1H3,(H,17,18);1H. The number of hydrogen-bond donors (Lipinski definition) is 1. The van der Waals surface area contributed by atoms with E-state index in [9.17, 15) is 0 Å². The molecule has 3 rings (SSSR count). The van der Waals surface area contributed by atoms with Crippen molar-refractivity contribution in [1.29, 1.82) is 0 Å². The predicted octanol–water partition coefficient (Wildman–Crippen LogP) is 3.33. The molecular weight excluding hydrogens is 354 g/mol. The normalized spacial score (nSPS) is 9.76. The van der Waals surface area contributed by atoms with Gasteiger partial charge in [0.2, 0.25) is 5.88 Å². The van der Waals surface area contributed by atoms with Crippen LogP contribution in [0.1, 0.15) is 0 Å². The Morgan fingerprint density at radius 1 is 1.10 bits per heavy atom. The molecule has 0 saturated carbocycles. The van der Waals surface area contributed by atoms with Gasteiger partial charge in [-0.05, 0) is 6.07 Å². The summed E-state index contributed by atoms with van der Waals surface area (Å²) in [5.41, 5.74) is 2.41. The van der Waals surface area contributed by atoms with Gasteiger partial charge in [-0.15, -0.1) is 28.3 Å². The number of nitrogens with one attached hydrogen (secondary N) is 1. The summed E-state index contributed by atoms with van der Waals surface area (Å²) in [6.07, 6.45) is 6.67. The Kier molecular flexibility index (Phi) is 5.18. The SMILES string of the molecule is Br.COc1ccc(Nc2nc(-c3cnccn3)cs2)cn1. The van der Waals surface area contributed by atoms with E-state index in [2.05, 4.69) is 25.3 Å². The molecule has 0 bridgehead atoms. The predicted molar refractivity (Wildman–Crippen MR) is 87.5 cm³/mol. The number of anilines is 2. The smallest absolute Gasteiger partial charge is 0.213 e. The fraction of sp³-hybridized carbons (Fsp3) is 0.0769. The number of hydrogen-bond acceptors (Lipinski definition) is 7. The molecule has 3 heterocycles. The molecule has 0 aliphatic rings. The second-order valence-electron chi connectivity index (χ2n) is 3.84. The van der Waals surface area contributed by atoms with Crippen molar-refractivity contribution in [2.75, 3.05) is 12.4 Å². The maximum atomic E-state index is 5.01. The lowest BCUT2D eigenvalue weighted by Crippen LogP contribution is -1.92. The maximum Gasteiger partial charge on any atom is 0.213 e. The molecule has 3 aromatic heterocycles. The number of methoxy groups -OCH3 is 1. The lowest BCUT2D eigenvalue weighted by molar-refractivity contribution is 0.398. The van der Waals surface area contributed by atoms with Gasteiger partial charge in [0.15, 0.2) is 5.13 Å². The maximum absolute atomic E-state index is 5.01. The van der Waals surface area contributed by atoms with Crippen LogP contribution in [0.4, 0.5) is 10.8 Å². The highest BCUT2D eigenvalue weighted by Gasteiger charge is 2.06. The van der Waals surface area contributed by atoms with Crippen LogP contribution in [0.15, 0.2) is 42.3 Å². The molecule has 0 fully saturated rings. The molecule has 0 aromatic carbocycles. The third-order valence-corrected chi connectivity index (χ3v) is 3.28. The van der Waals surface area contributed by atoms with Crippen LogP contribution in [-0.4, -0.2) is 27.0 Å². The molecule has 0 saturated heterocycles. The summed E-state index contributed by atoms with van der Waals surface area (Å²) in [5.74, 6) is 0.579. The molecule has 0 unspecified atom stereocenters. The van der Waals surface area contributed by atoms with Gasteiger partial charge < -0.3 is 10.1 Å². The van der Waals surface area contributed by atoms with Gasteiger partial charge >= 0.3 is 0 Å². The van der Waals surface area contributed by atoms with Crippen LogP contribution in [0.25, 0.3) is 11.4 Å². The first-order chi connectivity index (χ1) is 9.85. The molecule has 0 spiro atoms. The highest BCUT2D eigenvalue weighted by molar-refractivity contribution is 8.93. The molecule has 0 aliphatic heterocycles. The summed E-state index contributed by atoms with van der Waals surface area (Å²) >= 11 is 1.50. The number of thiazole rings is 1. The minimum atomic E-state index is 0. The molecule has 0 aliphatic carbocycles. The Labute approximate surface area is 136 Å². The molecule has 8 heteroatoms. The van der Waals surface area contributed by atoms with Gasteiger partial charge in [0.05, 0.1) is 25.2 Å². The van der Waals surface area contributed by atoms with Gasteiger partial charge in [0, 0.05) is 23.8 Å². The highest BCUT2D eigenvalue weighted by Crippen LogP contribution is 2.25. The van der Waals surface area contributed by atoms with Crippen LogP contribution in [0, 0.1) is 0 Å². The van der Waals surface area contributed by atoms with Gasteiger partial charge in [-0.1, -0.05) is 0 Å². The van der Waals surface area contributed by atoms with Crippen LogP contribution in [0.3, 0.4) is 0 Å². The average Bonchev–Trinajstić information content (AvgIpc) is 2.97. The average molecular weight is 366 g/mol. The van der Waals surface area contributed by atoms with Crippen molar-refractivity contribution < 1.29 is 4.74 Å². The summed E-state index contributed by atoms with van der Waals surface area (Å²) in [4.78, 5) is 16.8. The van der Waals surface area contributed by atoms with E-state index >= 15 is 0 Å². The van der Waals surface area contributed by atoms with Crippen molar-refractivity contribution in [3.63, 3.8) is 0 Å². The van der Waals surface area contributed by atoms with Gasteiger partial charge in [0.25, 0.3) is 0 Å². The quantitative estimate of drug-likeness (QED) is 0.764. The number of nitrogens with zero attached hydrogens (tertiary/aromatic N) is 4. The molecule has 0 radical (unpaired) electrons. The molecule has 0 atom stereocenters. The zero-order valence-electron chi connectivity index (χ0n) is 11.1. The Morgan fingerprint density at radius 3 is 2.67 bits per heavy atom. The summed E-state index contributed by atoms with van der Waals surface area (Å²) in [6.45, 7) is 0. The van der Waals surface area contributed by atoms with Crippen molar-refractivity contribution in [2.45, 2.75) is 0 Å². The van der Waals surface area contributed by atoms with E-state index in [1.807, 2.05) is 11.4 Å². The Morgan fingerprint density at radius 2 is 2.00 bits per heavy atom. The summed E-state index contributed by atoms with van der Waals surface area (Å²) in [7, 11) is 1.59. The van der Waals surface area contributed by atoms with E-state index in [-0.39, 0.29) is 17.0 Å². The molecule has 108 valence electrons. The van der Waals surface area contributed by atoms with Crippen molar-refractivity contribution in [1.82, 2.24) is 19.9 Å². The van der Waals surface area contributed by atoms with Crippen molar-refractivity contribution in [3.8, 4) is 17.3 Å². The second kappa shape index (κ2) is 7.09. The van der Waals surface area contributed by atoms with E-state index in [1.165, 1.54) is 11.3 Å². The number of ether oxygens (including phenoxy) is 1. The Hall–Kier alpha value is -2.06. The van der Waals surface area contributed by atoms with Crippen LogP contribution in [0.5, 0.6) is 5.88 Å². The van der Waals surface area contributed by atoms with Crippen molar-refractivity contribution in [2.24, 2.45) is 0 Å². The summed E-state index contributed by atoms with van der Waals surface area (Å²) in [5, 5.41) is 5.90. The van der Waals surface area contributed by atoms with Crippen LogP contribution in [-0.2, 0) is 0 Å². The molecule has 0 amide bonds. The van der Waals surface area contributed by atoms with Gasteiger partial charge in [-0.25, -0.2) is 9.97 Å². The van der Waals surface area contributed by atoms with E-state index in [4.69, 9.17) is 4.74 Å². The summed E-state index contributed by atoms with van der Waals surface area (Å²) in [6, 6.07) is 3.68.